The summed E-state index contributed by atoms with van der Waals surface area (Å²) in [5.41, 5.74) is -0.279. The SMILES string of the molecule is C=NCC(O)CNC(=O)N1C(=O)NC(COC)=C(C(=O)OC)C1c1ccc(F)c(F)c1. The maximum Gasteiger partial charge on any atom is 0.338 e. The van der Waals surface area contributed by atoms with Gasteiger partial charge in [-0.05, 0) is 24.4 Å². The molecular weight excluding hydrogens is 418 g/mol. The summed E-state index contributed by atoms with van der Waals surface area (Å²) in [5, 5.41) is 14.4. The number of ether oxygens (including phenoxy) is 2. The number of aliphatic hydroxyl groups is 1. The molecule has 2 rings (SSSR count). The number of urea groups is 2. The Hall–Kier alpha value is -3.38. The number of benzene rings is 1. The highest BCUT2D eigenvalue weighted by Crippen LogP contribution is 2.35. The van der Waals surface area contributed by atoms with Crippen LogP contribution in [0.5, 0.6) is 0 Å². The molecule has 1 aliphatic heterocycles. The average molecular weight is 440 g/mol. The normalized spacial score (nSPS) is 17.1. The highest BCUT2D eigenvalue weighted by molar-refractivity contribution is 6.01. The maximum atomic E-state index is 14.0. The Morgan fingerprint density at radius 1 is 1.35 bits per heavy atom. The van der Waals surface area contributed by atoms with E-state index in [0.717, 1.165) is 25.3 Å². The molecule has 2 atom stereocenters. The van der Waals surface area contributed by atoms with Crippen LogP contribution in [0.3, 0.4) is 0 Å². The number of esters is 1. The second-order valence-electron chi connectivity index (χ2n) is 6.44. The molecule has 10 nitrogen and oxygen atoms in total. The number of aliphatic hydroxyl groups excluding tert-OH is 1. The van der Waals surface area contributed by atoms with Gasteiger partial charge >= 0.3 is 18.0 Å². The Morgan fingerprint density at radius 2 is 2.06 bits per heavy atom. The first-order chi connectivity index (χ1) is 14.7. The van der Waals surface area contributed by atoms with Crippen molar-refractivity contribution >= 4 is 24.7 Å². The van der Waals surface area contributed by atoms with Crippen molar-refractivity contribution in [3.05, 3.63) is 46.7 Å². The van der Waals surface area contributed by atoms with Crippen LogP contribution >= 0.6 is 0 Å². The van der Waals surface area contributed by atoms with Gasteiger partial charge in [-0.1, -0.05) is 6.07 Å². The van der Waals surface area contributed by atoms with Crippen LogP contribution in [0.1, 0.15) is 11.6 Å². The minimum Gasteiger partial charge on any atom is -0.466 e. The number of imide groups is 1. The molecule has 0 radical (unpaired) electrons. The Morgan fingerprint density at radius 3 is 2.65 bits per heavy atom. The highest BCUT2D eigenvalue weighted by Gasteiger charge is 2.43. The summed E-state index contributed by atoms with van der Waals surface area (Å²) in [4.78, 5) is 42.2. The fourth-order valence-corrected chi connectivity index (χ4v) is 2.98. The number of nitrogens with one attached hydrogen (secondary N) is 2. The summed E-state index contributed by atoms with van der Waals surface area (Å²) < 4.78 is 37.2. The summed E-state index contributed by atoms with van der Waals surface area (Å²) in [6.07, 6.45) is -1.07. The largest absolute Gasteiger partial charge is 0.466 e. The Balaban J connectivity index is 2.57. The van der Waals surface area contributed by atoms with Gasteiger partial charge in [0.15, 0.2) is 11.6 Å². The van der Waals surface area contributed by atoms with Crippen molar-refractivity contribution in [1.82, 2.24) is 15.5 Å². The lowest BCUT2D eigenvalue weighted by Gasteiger charge is -2.36. The van der Waals surface area contributed by atoms with Crippen molar-refractivity contribution in [2.24, 2.45) is 4.99 Å². The van der Waals surface area contributed by atoms with E-state index in [1.807, 2.05) is 0 Å². The summed E-state index contributed by atoms with van der Waals surface area (Å²) in [5.74, 6) is -3.31. The lowest BCUT2D eigenvalue weighted by molar-refractivity contribution is -0.137. The van der Waals surface area contributed by atoms with E-state index in [1.165, 1.54) is 7.11 Å². The minimum atomic E-state index is -1.46. The fourth-order valence-electron chi connectivity index (χ4n) is 2.98. The molecule has 1 heterocycles. The van der Waals surface area contributed by atoms with Crippen molar-refractivity contribution in [2.45, 2.75) is 12.1 Å². The van der Waals surface area contributed by atoms with Gasteiger partial charge in [0.1, 0.15) is 6.04 Å². The quantitative estimate of drug-likeness (QED) is 0.406. The first-order valence-corrected chi connectivity index (χ1v) is 8.98. The number of methoxy groups -OCH3 is 2. The molecule has 0 bridgehead atoms. The average Bonchev–Trinajstić information content (AvgIpc) is 2.73. The van der Waals surface area contributed by atoms with E-state index < -0.39 is 41.8 Å². The van der Waals surface area contributed by atoms with E-state index in [-0.39, 0.29) is 36.5 Å². The topological polar surface area (TPSA) is 130 Å². The predicted octanol–water partition coefficient (Wildman–Crippen LogP) is 0.876. The third-order valence-electron chi connectivity index (χ3n) is 4.33. The van der Waals surface area contributed by atoms with Crippen LogP contribution < -0.4 is 10.6 Å². The second-order valence-corrected chi connectivity index (χ2v) is 6.44. The molecule has 2 unspecified atom stereocenters. The van der Waals surface area contributed by atoms with Crippen LogP contribution in [0.2, 0.25) is 0 Å². The summed E-state index contributed by atoms with van der Waals surface area (Å²) in [7, 11) is 2.40. The molecule has 0 spiro atoms. The molecule has 0 saturated carbocycles. The number of hydrogen-bond donors (Lipinski definition) is 3. The van der Waals surface area contributed by atoms with Gasteiger partial charge in [0.05, 0.1) is 37.6 Å². The molecule has 4 amide bonds. The van der Waals surface area contributed by atoms with Crippen LogP contribution in [0.15, 0.2) is 34.5 Å². The summed E-state index contributed by atoms with van der Waals surface area (Å²) in [6.45, 7) is 2.65. The van der Waals surface area contributed by atoms with Gasteiger partial charge < -0.3 is 25.2 Å². The highest BCUT2D eigenvalue weighted by atomic mass is 19.2. The van der Waals surface area contributed by atoms with Gasteiger partial charge in [0, 0.05) is 13.7 Å². The molecule has 0 aliphatic carbocycles. The van der Waals surface area contributed by atoms with Crippen LogP contribution in [-0.2, 0) is 14.3 Å². The Kier molecular flexibility index (Phi) is 8.16. The van der Waals surface area contributed by atoms with E-state index >= 15 is 0 Å². The van der Waals surface area contributed by atoms with E-state index in [4.69, 9.17) is 9.47 Å². The molecule has 0 aromatic heterocycles. The van der Waals surface area contributed by atoms with Crippen molar-refractivity contribution < 1.29 is 37.7 Å². The fraction of sp³-hybridized carbons (Fsp3) is 0.368. The number of hydrogen-bond acceptors (Lipinski definition) is 7. The van der Waals surface area contributed by atoms with E-state index in [0.29, 0.717) is 4.90 Å². The molecular formula is C19H22F2N4O6. The van der Waals surface area contributed by atoms with Gasteiger partial charge in [-0.25, -0.2) is 28.1 Å². The molecule has 1 aromatic rings. The molecule has 31 heavy (non-hydrogen) atoms. The lowest BCUT2D eigenvalue weighted by Crippen LogP contribution is -2.56. The minimum absolute atomic E-state index is 0.00553. The molecule has 3 N–H and O–H groups in total. The van der Waals surface area contributed by atoms with Crippen molar-refractivity contribution in [3.63, 3.8) is 0 Å². The number of rotatable bonds is 8. The van der Waals surface area contributed by atoms with Gasteiger partial charge in [-0.3, -0.25) is 4.99 Å². The van der Waals surface area contributed by atoms with Gasteiger partial charge in [-0.2, -0.15) is 0 Å². The zero-order valence-corrected chi connectivity index (χ0v) is 16.9. The molecule has 12 heteroatoms. The number of amides is 4. The molecule has 0 fully saturated rings. The van der Waals surface area contributed by atoms with Crippen molar-refractivity contribution in [2.75, 3.05) is 33.9 Å². The number of aliphatic imine (C=N–C) groups is 1. The standard InChI is InChI=1S/C19H22F2N4O6/c1-22-7-11(26)8-23-18(28)25-16(10-4-5-12(20)13(21)6-10)15(17(27)31-3)14(9-30-2)24-19(25)29/h4-6,11,16,26H,1,7-9H2,2-3H3,(H,23,28)(H,24,29). The smallest absolute Gasteiger partial charge is 0.338 e. The molecule has 0 saturated heterocycles. The third kappa shape index (κ3) is 5.41. The zero-order chi connectivity index (χ0) is 23.1. The molecule has 1 aromatic carbocycles. The number of carbonyl (C=O) groups is 3. The first-order valence-electron chi connectivity index (χ1n) is 8.98. The van der Waals surface area contributed by atoms with Gasteiger partial charge in [0.2, 0.25) is 0 Å². The Bertz CT molecular complexity index is 907. The third-order valence-corrected chi connectivity index (χ3v) is 4.33. The lowest BCUT2D eigenvalue weighted by atomic mass is 9.93. The van der Waals surface area contributed by atoms with Crippen LogP contribution in [0.4, 0.5) is 18.4 Å². The monoisotopic (exact) mass is 440 g/mol. The molecule has 1 aliphatic rings. The van der Waals surface area contributed by atoms with Crippen molar-refractivity contribution in [3.8, 4) is 0 Å². The first kappa shape index (κ1) is 23.9. The van der Waals surface area contributed by atoms with Crippen LogP contribution in [0, 0.1) is 11.6 Å². The Labute approximate surface area is 176 Å². The van der Waals surface area contributed by atoms with Crippen LogP contribution in [0.25, 0.3) is 0 Å². The summed E-state index contributed by atoms with van der Waals surface area (Å²) >= 11 is 0. The summed E-state index contributed by atoms with van der Waals surface area (Å²) in [6, 6.07) is -0.723. The maximum absolute atomic E-state index is 14.0. The number of halogens is 2. The predicted molar refractivity (Wildman–Crippen MR) is 104 cm³/mol. The van der Waals surface area contributed by atoms with E-state index in [2.05, 4.69) is 22.3 Å². The second kappa shape index (κ2) is 10.6. The van der Waals surface area contributed by atoms with Crippen molar-refractivity contribution in [1.29, 1.82) is 0 Å². The zero-order valence-electron chi connectivity index (χ0n) is 16.9. The van der Waals surface area contributed by atoms with Gasteiger partial charge in [-0.15, -0.1) is 0 Å². The van der Waals surface area contributed by atoms with E-state index in [9.17, 15) is 28.3 Å². The number of nitrogens with zero attached hydrogens (tertiary/aromatic N) is 2. The van der Waals surface area contributed by atoms with Gasteiger partial charge in [0.25, 0.3) is 0 Å². The van der Waals surface area contributed by atoms with E-state index in [1.54, 1.807) is 0 Å². The number of carbonyl (C=O) groups excluding carboxylic acids is 3. The molecule has 168 valence electrons. The van der Waals surface area contributed by atoms with Crippen LogP contribution in [-0.4, -0.2) is 74.8 Å².